The second kappa shape index (κ2) is 6.58. The van der Waals surface area contributed by atoms with E-state index in [-0.39, 0.29) is 5.78 Å². The molecule has 0 radical (unpaired) electrons. The van der Waals surface area contributed by atoms with Gasteiger partial charge in [-0.2, -0.15) is 0 Å². The van der Waals surface area contributed by atoms with Crippen LogP contribution in [0.3, 0.4) is 0 Å². The summed E-state index contributed by atoms with van der Waals surface area (Å²) in [5.41, 5.74) is 1.94. The lowest BCUT2D eigenvalue weighted by Gasteiger charge is -2.13. The molecular weight excluding hydrogens is 306 g/mol. The molecule has 0 amide bonds. The number of methoxy groups -OCH3 is 1. The first kappa shape index (κ1) is 15.8. The number of aromatic nitrogens is 1. The van der Waals surface area contributed by atoms with E-state index in [1.54, 1.807) is 37.4 Å². The molecule has 0 fully saturated rings. The van der Waals surface area contributed by atoms with Crippen molar-refractivity contribution in [2.24, 2.45) is 0 Å². The summed E-state index contributed by atoms with van der Waals surface area (Å²) in [4.78, 5) is 27.1. The smallest absolute Gasteiger partial charge is 0.337 e. The Morgan fingerprint density at radius 1 is 1.04 bits per heavy atom. The quantitative estimate of drug-likeness (QED) is 0.575. The molecule has 122 valence electrons. The summed E-state index contributed by atoms with van der Waals surface area (Å²) in [7, 11) is 1.33. The molecule has 1 N–H and O–H groups in total. The summed E-state index contributed by atoms with van der Waals surface area (Å²) in [5.74, 6) is -0.00249. The lowest BCUT2D eigenvalue weighted by molar-refractivity contribution is 0.0600. The maximum atomic E-state index is 12.6. The molecule has 0 aliphatic carbocycles. The second-order valence-electron chi connectivity index (χ2n) is 5.39. The number of hydrogen-bond acceptors (Lipinski definition) is 4. The van der Waals surface area contributed by atoms with E-state index in [9.17, 15) is 9.59 Å². The number of carbonyl (C=O) groups excluding carboxylic acids is 2. The van der Waals surface area contributed by atoms with E-state index in [2.05, 4.69) is 9.72 Å². The Kier molecular flexibility index (Phi) is 4.33. The van der Waals surface area contributed by atoms with Crippen molar-refractivity contribution in [3.05, 3.63) is 65.9 Å². The van der Waals surface area contributed by atoms with Crippen molar-refractivity contribution in [2.75, 3.05) is 7.11 Å². The summed E-state index contributed by atoms with van der Waals surface area (Å²) in [6, 6.07) is 14.1. The van der Waals surface area contributed by atoms with Gasteiger partial charge in [-0.1, -0.05) is 18.2 Å². The highest BCUT2D eigenvalue weighted by atomic mass is 16.5. The highest BCUT2D eigenvalue weighted by Crippen LogP contribution is 2.21. The Bertz CT molecular complexity index is 880. The molecule has 1 atom stereocenters. The first-order chi connectivity index (χ1) is 11.6. The zero-order valence-electron chi connectivity index (χ0n) is 13.4. The normalized spacial score (nSPS) is 11.9. The van der Waals surface area contributed by atoms with Crippen LogP contribution in [0.4, 0.5) is 0 Å². The van der Waals surface area contributed by atoms with Gasteiger partial charge in [-0.3, -0.25) is 4.79 Å². The van der Waals surface area contributed by atoms with E-state index >= 15 is 0 Å². The van der Waals surface area contributed by atoms with Gasteiger partial charge in [-0.05, 0) is 37.3 Å². The molecule has 24 heavy (non-hydrogen) atoms. The maximum Gasteiger partial charge on any atom is 0.337 e. The largest absolute Gasteiger partial charge is 0.483 e. The monoisotopic (exact) mass is 323 g/mol. The molecule has 0 aliphatic rings. The summed E-state index contributed by atoms with van der Waals surface area (Å²) in [5, 5.41) is 0.874. The van der Waals surface area contributed by atoms with Crippen LogP contribution in [0.2, 0.25) is 0 Å². The van der Waals surface area contributed by atoms with E-state index in [1.807, 2.05) is 24.3 Å². The van der Waals surface area contributed by atoms with Crippen LogP contribution in [-0.4, -0.2) is 30.0 Å². The summed E-state index contributed by atoms with van der Waals surface area (Å²) >= 11 is 0. The van der Waals surface area contributed by atoms with Crippen molar-refractivity contribution < 1.29 is 19.1 Å². The summed E-state index contributed by atoms with van der Waals surface area (Å²) < 4.78 is 10.3. The summed E-state index contributed by atoms with van der Waals surface area (Å²) in [6.07, 6.45) is 1.06. The Hall–Kier alpha value is -3.08. The predicted molar refractivity (Wildman–Crippen MR) is 90.5 cm³/mol. The number of Topliss-reactive ketones (excluding diaryl/α,β-unsaturated/α-hetero) is 1. The minimum absolute atomic E-state index is 0.107. The van der Waals surface area contributed by atoms with Crippen molar-refractivity contribution in [2.45, 2.75) is 13.0 Å². The molecule has 1 aromatic heterocycles. The molecule has 0 bridgehead atoms. The molecule has 0 unspecified atom stereocenters. The fourth-order valence-electron chi connectivity index (χ4n) is 2.54. The van der Waals surface area contributed by atoms with Gasteiger partial charge < -0.3 is 14.5 Å². The van der Waals surface area contributed by atoms with E-state index in [4.69, 9.17) is 4.74 Å². The number of esters is 1. The van der Waals surface area contributed by atoms with Crippen molar-refractivity contribution >= 4 is 22.7 Å². The molecule has 5 heteroatoms. The summed E-state index contributed by atoms with van der Waals surface area (Å²) in [6.45, 7) is 1.71. The standard InChI is InChI=1S/C19H17NO4/c1-12(24-14-9-7-13(8-10-14)19(22)23-2)18(21)16-11-20-17-6-4-3-5-15(16)17/h3-12,20H,1-2H3/t12-/m1/s1. The number of hydrogen-bond donors (Lipinski definition) is 1. The molecular formula is C19H17NO4. The van der Waals surface area contributed by atoms with Gasteiger partial charge in [-0.15, -0.1) is 0 Å². The number of carbonyl (C=O) groups is 2. The van der Waals surface area contributed by atoms with Gasteiger partial charge in [0.15, 0.2) is 6.10 Å². The van der Waals surface area contributed by atoms with Crippen molar-refractivity contribution in [3.8, 4) is 5.75 Å². The number of H-pyrrole nitrogens is 1. The number of nitrogens with one attached hydrogen (secondary N) is 1. The molecule has 2 aromatic carbocycles. The number of ketones is 1. The van der Waals surface area contributed by atoms with Crippen LogP contribution in [0.25, 0.3) is 10.9 Å². The number of para-hydroxylation sites is 1. The molecule has 0 saturated heterocycles. The highest BCUT2D eigenvalue weighted by Gasteiger charge is 2.20. The van der Waals surface area contributed by atoms with E-state index in [1.165, 1.54) is 7.11 Å². The van der Waals surface area contributed by atoms with Crippen LogP contribution in [-0.2, 0) is 4.74 Å². The van der Waals surface area contributed by atoms with Crippen LogP contribution in [0.5, 0.6) is 5.75 Å². The van der Waals surface area contributed by atoms with Crippen LogP contribution in [0.1, 0.15) is 27.6 Å². The van der Waals surface area contributed by atoms with E-state index < -0.39 is 12.1 Å². The number of rotatable bonds is 5. The number of aromatic amines is 1. The minimum atomic E-state index is -0.645. The van der Waals surface area contributed by atoms with Gasteiger partial charge in [0, 0.05) is 22.7 Å². The molecule has 1 heterocycles. The number of ether oxygens (including phenoxy) is 2. The molecule has 3 rings (SSSR count). The molecule has 3 aromatic rings. The first-order valence-corrected chi connectivity index (χ1v) is 7.55. The second-order valence-corrected chi connectivity index (χ2v) is 5.39. The third kappa shape index (κ3) is 3.01. The number of fused-ring (bicyclic) bond motifs is 1. The van der Waals surface area contributed by atoms with Gasteiger partial charge in [0.05, 0.1) is 12.7 Å². The topological polar surface area (TPSA) is 68.4 Å². The zero-order valence-corrected chi connectivity index (χ0v) is 13.4. The van der Waals surface area contributed by atoms with Gasteiger partial charge in [0.25, 0.3) is 0 Å². The van der Waals surface area contributed by atoms with Gasteiger partial charge in [0.2, 0.25) is 5.78 Å². The van der Waals surface area contributed by atoms with Crippen LogP contribution >= 0.6 is 0 Å². The average molecular weight is 323 g/mol. The third-order valence-electron chi connectivity index (χ3n) is 3.81. The SMILES string of the molecule is COC(=O)c1ccc(O[C@H](C)C(=O)c2c[nH]c3ccccc23)cc1. The van der Waals surface area contributed by atoms with E-state index in [0.29, 0.717) is 16.9 Å². The Morgan fingerprint density at radius 3 is 2.46 bits per heavy atom. The van der Waals surface area contributed by atoms with Crippen molar-refractivity contribution in [1.82, 2.24) is 4.98 Å². The van der Waals surface area contributed by atoms with Gasteiger partial charge >= 0.3 is 5.97 Å². The molecule has 0 spiro atoms. The number of benzene rings is 2. The maximum absolute atomic E-state index is 12.6. The molecule has 0 saturated carbocycles. The van der Waals surface area contributed by atoms with Gasteiger partial charge in [0.1, 0.15) is 5.75 Å². The third-order valence-corrected chi connectivity index (χ3v) is 3.81. The fourth-order valence-corrected chi connectivity index (χ4v) is 2.54. The minimum Gasteiger partial charge on any atom is -0.483 e. The Labute approximate surface area is 139 Å². The highest BCUT2D eigenvalue weighted by molar-refractivity contribution is 6.09. The van der Waals surface area contributed by atoms with Gasteiger partial charge in [-0.25, -0.2) is 4.79 Å². The first-order valence-electron chi connectivity index (χ1n) is 7.55. The molecule has 5 nitrogen and oxygen atoms in total. The molecule has 0 aliphatic heterocycles. The lowest BCUT2D eigenvalue weighted by Crippen LogP contribution is -2.23. The van der Waals surface area contributed by atoms with Crippen LogP contribution in [0, 0.1) is 0 Å². The van der Waals surface area contributed by atoms with Crippen LogP contribution in [0.15, 0.2) is 54.7 Å². The Morgan fingerprint density at radius 2 is 1.75 bits per heavy atom. The zero-order chi connectivity index (χ0) is 17.1. The average Bonchev–Trinajstić information content (AvgIpc) is 3.05. The lowest BCUT2D eigenvalue weighted by atomic mass is 10.1. The van der Waals surface area contributed by atoms with Crippen LogP contribution < -0.4 is 4.74 Å². The van der Waals surface area contributed by atoms with Crippen molar-refractivity contribution in [3.63, 3.8) is 0 Å². The van der Waals surface area contributed by atoms with Crippen molar-refractivity contribution in [1.29, 1.82) is 0 Å². The fraction of sp³-hybridized carbons (Fsp3) is 0.158. The Balaban J connectivity index is 1.75. The predicted octanol–water partition coefficient (Wildman–Crippen LogP) is 3.60. The van der Waals surface area contributed by atoms with E-state index in [0.717, 1.165) is 10.9 Å².